The Morgan fingerprint density at radius 2 is 1.77 bits per heavy atom. The molecule has 1 N–H and O–H groups in total. The van der Waals surface area contributed by atoms with Crippen LogP contribution >= 0.6 is 12.2 Å². The minimum Gasteiger partial charge on any atom is -0.494 e. The fourth-order valence-corrected chi connectivity index (χ4v) is 2.15. The van der Waals surface area contributed by atoms with E-state index in [0.717, 1.165) is 5.56 Å². The summed E-state index contributed by atoms with van der Waals surface area (Å²) >= 11 is 5.33. The molecule has 2 aromatic rings. The van der Waals surface area contributed by atoms with Gasteiger partial charge in [0, 0.05) is 11.6 Å². The van der Waals surface area contributed by atoms with E-state index in [1.807, 2.05) is 30.3 Å². The van der Waals surface area contributed by atoms with Crippen LogP contribution in [0.3, 0.4) is 0 Å². The van der Waals surface area contributed by atoms with Gasteiger partial charge in [-0.05, 0) is 0 Å². The third kappa shape index (κ3) is 3.32. The maximum Gasteiger partial charge on any atom is 0.314 e. The van der Waals surface area contributed by atoms with Gasteiger partial charge in [0.25, 0.3) is 0 Å². The number of ether oxygens (including phenoxy) is 2. The largest absolute Gasteiger partial charge is 0.494 e. The van der Waals surface area contributed by atoms with Gasteiger partial charge in [0.15, 0.2) is 5.75 Å². The molecule has 0 heterocycles. The fraction of sp³-hybridized carbons (Fsp3) is 0.133. The molecule has 0 radical (unpaired) electrons. The average Bonchev–Trinajstić information content (AvgIpc) is 2.54. The van der Waals surface area contributed by atoms with Crippen LogP contribution < -0.4 is 14.8 Å². The van der Waals surface area contributed by atoms with E-state index in [0.29, 0.717) is 16.4 Å². The van der Waals surface area contributed by atoms with Crippen molar-refractivity contribution >= 4 is 28.6 Å². The van der Waals surface area contributed by atoms with Gasteiger partial charge in [0.1, 0.15) is 10.7 Å². The van der Waals surface area contributed by atoms with Crippen LogP contribution in [0.4, 0.5) is 11.4 Å². The summed E-state index contributed by atoms with van der Waals surface area (Å²) in [6, 6.07) is 12.2. The molecule has 0 aliphatic carbocycles. The molecule has 0 unspecified atom stereocenters. The van der Waals surface area contributed by atoms with Crippen molar-refractivity contribution in [3.05, 3.63) is 58.1 Å². The molecule has 0 saturated carbocycles. The van der Waals surface area contributed by atoms with Gasteiger partial charge in [0.05, 0.1) is 30.9 Å². The summed E-state index contributed by atoms with van der Waals surface area (Å²) in [5, 5.41) is 14.1. The number of nitro benzene ring substituents is 1. The number of anilines is 1. The average molecular weight is 318 g/mol. The van der Waals surface area contributed by atoms with E-state index in [4.69, 9.17) is 21.7 Å². The normalized spacial score (nSPS) is 9.91. The predicted octanol–water partition coefficient (Wildman–Crippen LogP) is 3.40. The summed E-state index contributed by atoms with van der Waals surface area (Å²) in [5.74, 6) is 0.440. The number of hydrogen-bond donors (Lipinski definition) is 1. The summed E-state index contributed by atoms with van der Waals surface area (Å²) in [6.07, 6.45) is 0. The Labute approximate surface area is 132 Å². The number of benzene rings is 2. The van der Waals surface area contributed by atoms with E-state index < -0.39 is 4.92 Å². The number of rotatable bonds is 5. The number of nitro groups is 1. The lowest BCUT2D eigenvalue weighted by Crippen LogP contribution is -2.11. The van der Waals surface area contributed by atoms with Crippen molar-refractivity contribution in [3.63, 3.8) is 0 Å². The van der Waals surface area contributed by atoms with E-state index in [2.05, 4.69) is 5.32 Å². The van der Waals surface area contributed by atoms with Crippen LogP contribution in [0, 0.1) is 10.1 Å². The Kier molecular flexibility index (Phi) is 4.90. The van der Waals surface area contributed by atoms with E-state index in [1.165, 1.54) is 26.4 Å². The van der Waals surface area contributed by atoms with Gasteiger partial charge in [-0.1, -0.05) is 42.5 Å². The molecule has 7 heteroatoms. The highest BCUT2D eigenvalue weighted by atomic mass is 32.1. The van der Waals surface area contributed by atoms with Gasteiger partial charge in [0.2, 0.25) is 0 Å². The number of hydrogen-bond acceptors (Lipinski definition) is 5. The van der Waals surface area contributed by atoms with E-state index in [-0.39, 0.29) is 11.4 Å². The molecule has 22 heavy (non-hydrogen) atoms. The molecule has 0 aliphatic heterocycles. The van der Waals surface area contributed by atoms with Gasteiger partial charge >= 0.3 is 5.69 Å². The standard InChI is InChI=1S/C15H14N2O4S/c1-20-13-9-12(17(18)19)14(21-2)8-11(13)16-15(22)10-6-4-3-5-7-10/h3-9H,1-2H3,(H,16,22). The highest BCUT2D eigenvalue weighted by Gasteiger charge is 2.20. The van der Waals surface area contributed by atoms with Crippen molar-refractivity contribution < 1.29 is 14.4 Å². The number of thiocarbonyl (C=S) groups is 1. The lowest BCUT2D eigenvalue weighted by molar-refractivity contribution is -0.385. The molecule has 0 aliphatic rings. The lowest BCUT2D eigenvalue weighted by Gasteiger charge is -2.13. The summed E-state index contributed by atoms with van der Waals surface area (Å²) in [4.78, 5) is 11.0. The zero-order valence-corrected chi connectivity index (χ0v) is 12.8. The molecular formula is C15H14N2O4S. The molecule has 0 aromatic heterocycles. The van der Waals surface area contributed by atoms with Crippen molar-refractivity contribution in [2.45, 2.75) is 0 Å². The molecule has 2 aromatic carbocycles. The van der Waals surface area contributed by atoms with E-state index >= 15 is 0 Å². The summed E-state index contributed by atoms with van der Waals surface area (Å²) < 4.78 is 10.2. The van der Waals surface area contributed by atoms with Crippen LogP contribution in [-0.4, -0.2) is 24.1 Å². The minimum atomic E-state index is -0.527. The van der Waals surface area contributed by atoms with Crippen LogP contribution in [0.25, 0.3) is 0 Å². The van der Waals surface area contributed by atoms with Crippen molar-refractivity contribution in [3.8, 4) is 11.5 Å². The van der Waals surface area contributed by atoms with Crippen LogP contribution in [-0.2, 0) is 0 Å². The number of methoxy groups -OCH3 is 2. The SMILES string of the molecule is COc1cc([N+](=O)[O-])c(OC)cc1NC(=S)c1ccccc1. The van der Waals surface area contributed by atoms with Gasteiger partial charge in [-0.15, -0.1) is 0 Å². The Morgan fingerprint density at radius 3 is 2.32 bits per heavy atom. The van der Waals surface area contributed by atoms with Crippen molar-refractivity contribution in [1.82, 2.24) is 0 Å². The second-order valence-corrected chi connectivity index (χ2v) is 4.71. The summed E-state index contributed by atoms with van der Waals surface area (Å²) in [6.45, 7) is 0. The number of nitrogens with one attached hydrogen (secondary N) is 1. The zero-order chi connectivity index (χ0) is 16.1. The summed E-state index contributed by atoms with van der Waals surface area (Å²) in [5.41, 5.74) is 1.16. The Bertz CT molecular complexity index is 704. The lowest BCUT2D eigenvalue weighted by atomic mass is 10.2. The molecule has 0 amide bonds. The Hall–Kier alpha value is -2.67. The van der Waals surface area contributed by atoms with Crippen LogP contribution in [0.1, 0.15) is 5.56 Å². The first kappa shape index (κ1) is 15.7. The molecule has 0 atom stereocenters. The summed E-state index contributed by atoms with van der Waals surface area (Å²) in [7, 11) is 2.80. The second-order valence-electron chi connectivity index (χ2n) is 4.30. The maximum absolute atomic E-state index is 11.0. The van der Waals surface area contributed by atoms with E-state index in [1.54, 1.807) is 0 Å². The second kappa shape index (κ2) is 6.86. The van der Waals surface area contributed by atoms with Gasteiger partial charge in [-0.3, -0.25) is 10.1 Å². The topological polar surface area (TPSA) is 73.6 Å². The van der Waals surface area contributed by atoms with Crippen molar-refractivity contribution in [2.75, 3.05) is 19.5 Å². The maximum atomic E-state index is 11.0. The third-order valence-electron chi connectivity index (χ3n) is 2.98. The van der Waals surface area contributed by atoms with Crippen LogP contribution in [0.2, 0.25) is 0 Å². The third-order valence-corrected chi connectivity index (χ3v) is 3.32. The van der Waals surface area contributed by atoms with Crippen LogP contribution in [0.5, 0.6) is 11.5 Å². The quantitative estimate of drug-likeness (QED) is 0.517. The molecule has 0 spiro atoms. The molecule has 2 rings (SSSR count). The Morgan fingerprint density at radius 1 is 1.14 bits per heavy atom. The first-order valence-electron chi connectivity index (χ1n) is 6.33. The molecule has 0 bridgehead atoms. The van der Waals surface area contributed by atoms with E-state index in [9.17, 15) is 10.1 Å². The monoisotopic (exact) mass is 318 g/mol. The van der Waals surface area contributed by atoms with Crippen LogP contribution in [0.15, 0.2) is 42.5 Å². The van der Waals surface area contributed by atoms with Crippen molar-refractivity contribution in [1.29, 1.82) is 0 Å². The fourth-order valence-electron chi connectivity index (χ4n) is 1.91. The predicted molar refractivity (Wildman–Crippen MR) is 88.0 cm³/mol. The zero-order valence-electron chi connectivity index (χ0n) is 12.0. The molecule has 0 fully saturated rings. The molecule has 0 saturated heterocycles. The highest BCUT2D eigenvalue weighted by Crippen LogP contribution is 2.37. The minimum absolute atomic E-state index is 0.129. The first-order chi connectivity index (χ1) is 10.6. The first-order valence-corrected chi connectivity index (χ1v) is 6.74. The van der Waals surface area contributed by atoms with Crippen molar-refractivity contribution in [2.24, 2.45) is 0 Å². The number of nitrogens with zero attached hydrogens (tertiary/aromatic N) is 1. The molecule has 114 valence electrons. The van der Waals surface area contributed by atoms with Gasteiger partial charge in [-0.2, -0.15) is 0 Å². The van der Waals surface area contributed by atoms with Gasteiger partial charge in [-0.25, -0.2) is 0 Å². The Balaban J connectivity index is 2.38. The smallest absolute Gasteiger partial charge is 0.314 e. The van der Waals surface area contributed by atoms with Gasteiger partial charge < -0.3 is 14.8 Å². The molecular weight excluding hydrogens is 304 g/mol. The highest BCUT2D eigenvalue weighted by molar-refractivity contribution is 7.81. The molecule has 6 nitrogen and oxygen atoms in total.